The maximum absolute atomic E-state index is 11.9. The molecule has 6 nitrogen and oxygen atoms in total. The Morgan fingerprint density at radius 2 is 2.07 bits per heavy atom. The third-order valence-electron chi connectivity index (χ3n) is 4.53. The smallest absolute Gasteiger partial charge is 0.243 e. The van der Waals surface area contributed by atoms with Crippen LogP contribution in [0.1, 0.15) is 11.3 Å². The Morgan fingerprint density at radius 1 is 1.26 bits per heavy atom. The number of likely N-dealkylation sites (N-methyl/N-ethyl adjacent to an activating group) is 1. The molecule has 0 radical (unpaired) electrons. The van der Waals surface area contributed by atoms with Crippen molar-refractivity contribution in [2.45, 2.75) is 19.0 Å². The quantitative estimate of drug-likeness (QED) is 0.591. The molecule has 1 fully saturated rings. The number of benzene rings is 1. The fourth-order valence-electron chi connectivity index (χ4n) is 2.97. The number of carbonyl (C=O) groups is 1. The van der Waals surface area contributed by atoms with Gasteiger partial charge in [0, 0.05) is 43.8 Å². The predicted octanol–water partition coefficient (Wildman–Crippen LogP) is 2.15. The summed E-state index contributed by atoms with van der Waals surface area (Å²) in [5.74, 6) is 0.683. The van der Waals surface area contributed by atoms with E-state index in [0.717, 1.165) is 19.5 Å². The summed E-state index contributed by atoms with van der Waals surface area (Å²) in [7, 11) is 3.50. The van der Waals surface area contributed by atoms with Crippen LogP contribution in [0.3, 0.4) is 0 Å². The van der Waals surface area contributed by atoms with E-state index in [0.29, 0.717) is 18.5 Å². The average Bonchev–Trinajstić information content (AvgIpc) is 3.36. The molecular formula is C20H27N5OS. The second kappa shape index (κ2) is 9.41. The second-order valence-electron chi connectivity index (χ2n) is 6.80. The summed E-state index contributed by atoms with van der Waals surface area (Å²) >= 11 is 1.71. The summed E-state index contributed by atoms with van der Waals surface area (Å²) in [6.07, 6.45) is 1.04. The third-order valence-corrected chi connectivity index (χ3v) is 5.41. The molecule has 2 aromatic rings. The first-order valence-corrected chi connectivity index (χ1v) is 10.1. The van der Waals surface area contributed by atoms with E-state index in [9.17, 15) is 4.79 Å². The van der Waals surface area contributed by atoms with Crippen LogP contribution < -0.4 is 15.5 Å². The van der Waals surface area contributed by atoms with Crippen molar-refractivity contribution in [3.8, 4) is 0 Å². The van der Waals surface area contributed by atoms with Gasteiger partial charge in [-0.1, -0.05) is 24.3 Å². The number of amides is 1. The van der Waals surface area contributed by atoms with E-state index in [1.54, 1.807) is 30.3 Å². The monoisotopic (exact) mass is 385 g/mol. The average molecular weight is 386 g/mol. The maximum Gasteiger partial charge on any atom is 0.243 e. The molecule has 7 heteroatoms. The molecule has 2 N–H and O–H groups in total. The Morgan fingerprint density at radius 3 is 2.78 bits per heavy atom. The molecule has 1 aliphatic heterocycles. The summed E-state index contributed by atoms with van der Waals surface area (Å²) in [6.45, 7) is 2.78. The molecule has 1 aromatic heterocycles. The Kier molecular flexibility index (Phi) is 6.70. The largest absolute Gasteiger partial charge is 0.369 e. The zero-order valence-electron chi connectivity index (χ0n) is 15.9. The lowest BCUT2D eigenvalue weighted by molar-refractivity contribution is -0.127. The lowest BCUT2D eigenvalue weighted by Crippen LogP contribution is -2.45. The van der Waals surface area contributed by atoms with Crippen LogP contribution in [0.2, 0.25) is 0 Å². The van der Waals surface area contributed by atoms with Gasteiger partial charge in [-0.25, -0.2) is 4.99 Å². The van der Waals surface area contributed by atoms with Crippen molar-refractivity contribution in [3.63, 3.8) is 0 Å². The van der Waals surface area contributed by atoms with Gasteiger partial charge in [-0.2, -0.15) is 0 Å². The molecule has 0 saturated carbocycles. The minimum atomic E-state index is -0.00967. The summed E-state index contributed by atoms with van der Waals surface area (Å²) in [5.41, 5.74) is 1.25. The van der Waals surface area contributed by atoms with Gasteiger partial charge < -0.3 is 20.4 Å². The Hall–Kier alpha value is -2.54. The fraction of sp³-hybridized carbons (Fsp3) is 0.400. The van der Waals surface area contributed by atoms with Crippen molar-refractivity contribution in [2.24, 2.45) is 4.99 Å². The van der Waals surface area contributed by atoms with Gasteiger partial charge in [0.15, 0.2) is 5.96 Å². The number of nitrogens with zero attached hydrogens (tertiary/aromatic N) is 3. The minimum absolute atomic E-state index is 0.00967. The van der Waals surface area contributed by atoms with E-state index in [1.165, 1.54) is 10.6 Å². The van der Waals surface area contributed by atoms with Gasteiger partial charge >= 0.3 is 0 Å². The van der Waals surface area contributed by atoms with E-state index in [2.05, 4.69) is 56.2 Å². The Balaban J connectivity index is 1.60. The number of thiophene rings is 1. The van der Waals surface area contributed by atoms with Crippen molar-refractivity contribution in [3.05, 3.63) is 52.7 Å². The zero-order valence-corrected chi connectivity index (χ0v) is 16.7. The number of guanidine groups is 1. The first-order chi connectivity index (χ1) is 13.1. The molecule has 0 bridgehead atoms. The summed E-state index contributed by atoms with van der Waals surface area (Å²) < 4.78 is 0. The first-order valence-electron chi connectivity index (χ1n) is 9.19. The van der Waals surface area contributed by atoms with Crippen molar-refractivity contribution in [2.75, 3.05) is 38.6 Å². The van der Waals surface area contributed by atoms with Gasteiger partial charge in [-0.3, -0.25) is 4.79 Å². The third kappa shape index (κ3) is 5.72. The number of hydrogen-bond donors (Lipinski definition) is 2. The highest BCUT2D eigenvalue weighted by Gasteiger charge is 2.23. The van der Waals surface area contributed by atoms with Crippen LogP contribution >= 0.6 is 11.3 Å². The molecule has 0 aliphatic carbocycles. The molecule has 3 rings (SSSR count). The molecule has 1 aromatic carbocycles. The highest BCUT2D eigenvalue weighted by atomic mass is 32.1. The number of carbonyl (C=O) groups excluding carboxylic acids is 1. The van der Waals surface area contributed by atoms with Crippen LogP contribution in [-0.4, -0.2) is 56.5 Å². The van der Waals surface area contributed by atoms with Crippen molar-refractivity contribution in [1.29, 1.82) is 0 Å². The first kappa shape index (κ1) is 19.2. The molecule has 2 heterocycles. The highest BCUT2D eigenvalue weighted by Crippen LogP contribution is 2.19. The molecule has 27 heavy (non-hydrogen) atoms. The zero-order chi connectivity index (χ0) is 19.1. The highest BCUT2D eigenvalue weighted by molar-refractivity contribution is 7.09. The number of para-hydroxylation sites is 1. The number of hydrogen-bond acceptors (Lipinski definition) is 4. The molecule has 0 spiro atoms. The summed E-state index contributed by atoms with van der Waals surface area (Å²) in [4.78, 5) is 21.6. The molecular weight excluding hydrogens is 358 g/mol. The number of aliphatic imine (C=N–C) groups is 1. The number of nitrogens with one attached hydrogen (secondary N) is 2. The van der Waals surface area contributed by atoms with Crippen molar-refractivity contribution >= 4 is 28.9 Å². The van der Waals surface area contributed by atoms with Crippen LogP contribution in [0.15, 0.2) is 52.8 Å². The van der Waals surface area contributed by atoms with Crippen LogP contribution in [0.25, 0.3) is 0 Å². The molecule has 1 saturated heterocycles. The van der Waals surface area contributed by atoms with E-state index in [4.69, 9.17) is 0 Å². The van der Waals surface area contributed by atoms with E-state index in [-0.39, 0.29) is 12.5 Å². The molecule has 1 unspecified atom stereocenters. The van der Waals surface area contributed by atoms with Gasteiger partial charge in [0.2, 0.25) is 5.91 Å². The second-order valence-corrected chi connectivity index (χ2v) is 7.83. The molecule has 144 valence electrons. The number of rotatable bonds is 6. The van der Waals surface area contributed by atoms with Gasteiger partial charge in [0.25, 0.3) is 0 Å². The van der Waals surface area contributed by atoms with E-state index in [1.807, 2.05) is 12.1 Å². The molecule has 1 aliphatic rings. The predicted molar refractivity (Wildman–Crippen MR) is 112 cm³/mol. The van der Waals surface area contributed by atoms with Gasteiger partial charge in [-0.15, -0.1) is 11.3 Å². The van der Waals surface area contributed by atoms with Gasteiger partial charge in [0.1, 0.15) is 6.54 Å². The number of anilines is 1. The van der Waals surface area contributed by atoms with Crippen molar-refractivity contribution in [1.82, 2.24) is 15.5 Å². The van der Waals surface area contributed by atoms with Crippen LogP contribution in [-0.2, 0) is 11.3 Å². The lowest BCUT2D eigenvalue weighted by atomic mass is 10.2. The summed E-state index contributed by atoms with van der Waals surface area (Å²) in [6, 6.07) is 14.9. The Bertz CT molecular complexity index is 745. The van der Waals surface area contributed by atoms with E-state index >= 15 is 0 Å². The maximum atomic E-state index is 11.9. The van der Waals surface area contributed by atoms with Crippen LogP contribution in [0.5, 0.6) is 0 Å². The van der Waals surface area contributed by atoms with Crippen LogP contribution in [0.4, 0.5) is 5.69 Å². The van der Waals surface area contributed by atoms with Crippen molar-refractivity contribution < 1.29 is 4.79 Å². The SMILES string of the molecule is CN(C)C(=O)CN=C(NCc1cccs1)NC1CCN(c2ccccc2)C1. The summed E-state index contributed by atoms with van der Waals surface area (Å²) in [5, 5.41) is 8.92. The molecule has 1 amide bonds. The Labute approximate surface area is 164 Å². The minimum Gasteiger partial charge on any atom is -0.369 e. The molecule has 1 atom stereocenters. The van der Waals surface area contributed by atoms with Crippen LogP contribution in [0, 0.1) is 0 Å². The van der Waals surface area contributed by atoms with E-state index < -0.39 is 0 Å². The normalized spacial score (nSPS) is 17.0. The topological polar surface area (TPSA) is 60.0 Å². The standard InChI is InChI=1S/C20H27N5OS/c1-24(2)19(26)14-22-20(21-13-18-9-6-12-27-18)23-16-10-11-25(15-16)17-7-4-3-5-8-17/h3-9,12,16H,10-11,13-15H2,1-2H3,(H2,21,22,23). The fourth-order valence-corrected chi connectivity index (χ4v) is 3.61. The van der Waals surface area contributed by atoms with Gasteiger partial charge in [0.05, 0.1) is 6.54 Å². The van der Waals surface area contributed by atoms with Gasteiger partial charge in [-0.05, 0) is 30.0 Å². The lowest BCUT2D eigenvalue weighted by Gasteiger charge is -2.20.